The average Bonchev–Trinajstić information content (AvgIpc) is 3.43. The third-order valence-corrected chi connectivity index (χ3v) is 7.15. The third kappa shape index (κ3) is 9.03. The third-order valence-electron chi connectivity index (χ3n) is 7.15. The molecular weight excluding hydrogens is 555 g/mol. The largest absolute Gasteiger partial charge is 0.374 e. The molecule has 3 amide bonds. The van der Waals surface area contributed by atoms with Gasteiger partial charge in [-0.1, -0.05) is 30.3 Å². The number of hydrogen-bond acceptors (Lipinski definition) is 7. The number of anilines is 1. The van der Waals surface area contributed by atoms with Gasteiger partial charge in [-0.15, -0.1) is 0 Å². The number of Topliss-reactive ketones (excluding diaryl/α,β-unsaturated/α-hetero) is 1. The van der Waals surface area contributed by atoms with Crippen LogP contribution in [0.25, 0.3) is 0 Å². The van der Waals surface area contributed by atoms with Gasteiger partial charge in [0.15, 0.2) is 11.6 Å². The number of hydrogen-bond donors (Lipinski definition) is 3. The van der Waals surface area contributed by atoms with Gasteiger partial charge in [0.25, 0.3) is 5.91 Å². The Bertz CT molecular complexity index is 1410. The number of imidazole rings is 1. The highest BCUT2D eigenvalue weighted by Gasteiger charge is 2.30. The van der Waals surface area contributed by atoms with Crippen LogP contribution in [0.4, 0.5) is 10.2 Å². The van der Waals surface area contributed by atoms with Crippen molar-refractivity contribution >= 4 is 29.3 Å². The number of halogens is 1. The Morgan fingerprint density at radius 2 is 1.74 bits per heavy atom. The van der Waals surface area contributed by atoms with E-state index in [4.69, 9.17) is 10.5 Å². The van der Waals surface area contributed by atoms with Crippen molar-refractivity contribution in [3.05, 3.63) is 84.1 Å². The lowest BCUT2D eigenvalue weighted by Gasteiger charge is -2.31. The molecule has 1 aromatic heterocycles. The molecule has 4 rings (SSSR count). The molecule has 228 valence electrons. The minimum absolute atomic E-state index is 0.00115. The Morgan fingerprint density at radius 3 is 2.40 bits per heavy atom. The SMILES string of the molecule is CC(C)(N)C(=O)N[C@H](COCc1ccccc1)C(=O)Nc1cn(CC(=O)N2CCC(C(=O)c3ccc(F)cc3)CC2)cn1. The number of rotatable bonds is 12. The number of ketones is 1. The molecule has 0 radical (unpaired) electrons. The summed E-state index contributed by atoms with van der Waals surface area (Å²) >= 11 is 0. The molecular formula is C31H37FN6O5. The van der Waals surface area contributed by atoms with Gasteiger partial charge in [0, 0.05) is 30.8 Å². The number of benzene rings is 2. The minimum Gasteiger partial charge on any atom is -0.374 e. The zero-order valence-corrected chi connectivity index (χ0v) is 24.3. The van der Waals surface area contributed by atoms with E-state index < -0.39 is 29.2 Å². The predicted molar refractivity (Wildman–Crippen MR) is 157 cm³/mol. The van der Waals surface area contributed by atoms with Crippen LogP contribution >= 0.6 is 0 Å². The summed E-state index contributed by atoms with van der Waals surface area (Å²) in [5, 5.41) is 5.30. The molecule has 1 aliphatic rings. The lowest BCUT2D eigenvalue weighted by atomic mass is 9.89. The van der Waals surface area contributed by atoms with Crippen LogP contribution in [0.2, 0.25) is 0 Å². The number of carbonyl (C=O) groups is 4. The van der Waals surface area contributed by atoms with E-state index in [0.717, 1.165) is 5.56 Å². The van der Waals surface area contributed by atoms with Crippen molar-refractivity contribution < 1.29 is 28.3 Å². The molecule has 2 heterocycles. The van der Waals surface area contributed by atoms with E-state index in [1.807, 2.05) is 30.3 Å². The Kier molecular flexibility index (Phi) is 10.4. The second kappa shape index (κ2) is 14.2. The summed E-state index contributed by atoms with van der Waals surface area (Å²) in [6, 6.07) is 13.9. The number of aromatic nitrogens is 2. The first kappa shape index (κ1) is 31.5. The molecule has 0 unspecified atom stereocenters. The van der Waals surface area contributed by atoms with Gasteiger partial charge in [0.1, 0.15) is 18.4 Å². The Hall–Kier alpha value is -4.42. The highest BCUT2D eigenvalue weighted by atomic mass is 19.1. The lowest BCUT2D eigenvalue weighted by molar-refractivity contribution is -0.133. The molecule has 4 N–H and O–H groups in total. The number of piperidine rings is 1. The molecule has 11 nitrogen and oxygen atoms in total. The van der Waals surface area contributed by atoms with E-state index in [9.17, 15) is 23.6 Å². The number of likely N-dealkylation sites (tertiary alicyclic amines) is 1. The topological polar surface area (TPSA) is 149 Å². The van der Waals surface area contributed by atoms with Gasteiger partial charge in [-0.05, 0) is 56.5 Å². The summed E-state index contributed by atoms with van der Waals surface area (Å²) in [6.45, 7) is 4.08. The number of carbonyl (C=O) groups excluding carboxylic acids is 4. The van der Waals surface area contributed by atoms with Crippen LogP contribution in [-0.2, 0) is 32.3 Å². The van der Waals surface area contributed by atoms with Gasteiger partial charge in [-0.3, -0.25) is 19.2 Å². The molecule has 1 saturated heterocycles. The van der Waals surface area contributed by atoms with Gasteiger partial charge in [0.05, 0.1) is 25.1 Å². The lowest BCUT2D eigenvalue weighted by Crippen LogP contribution is -2.56. The Labute approximate surface area is 249 Å². The zero-order valence-electron chi connectivity index (χ0n) is 24.3. The van der Waals surface area contributed by atoms with E-state index in [2.05, 4.69) is 15.6 Å². The van der Waals surface area contributed by atoms with Crippen molar-refractivity contribution in [2.75, 3.05) is 25.0 Å². The maximum absolute atomic E-state index is 13.2. The predicted octanol–water partition coefficient (Wildman–Crippen LogP) is 2.52. The smallest absolute Gasteiger partial charge is 0.250 e. The molecule has 0 bridgehead atoms. The molecule has 43 heavy (non-hydrogen) atoms. The van der Waals surface area contributed by atoms with Gasteiger partial charge in [-0.2, -0.15) is 0 Å². The summed E-state index contributed by atoms with van der Waals surface area (Å²) in [5.74, 6) is -1.67. The van der Waals surface area contributed by atoms with E-state index in [1.54, 1.807) is 9.47 Å². The number of nitrogens with one attached hydrogen (secondary N) is 2. The highest BCUT2D eigenvalue weighted by molar-refractivity contribution is 5.98. The molecule has 0 saturated carbocycles. The molecule has 1 atom stereocenters. The van der Waals surface area contributed by atoms with E-state index in [0.29, 0.717) is 31.5 Å². The van der Waals surface area contributed by atoms with Crippen molar-refractivity contribution in [2.45, 2.75) is 51.4 Å². The number of nitrogens with zero attached hydrogens (tertiary/aromatic N) is 3. The van der Waals surface area contributed by atoms with Gasteiger partial charge in [0.2, 0.25) is 11.8 Å². The molecule has 12 heteroatoms. The quantitative estimate of drug-likeness (QED) is 0.274. The summed E-state index contributed by atoms with van der Waals surface area (Å²) in [7, 11) is 0. The first-order valence-corrected chi connectivity index (χ1v) is 14.1. The van der Waals surface area contributed by atoms with Crippen LogP contribution in [0.5, 0.6) is 0 Å². The van der Waals surface area contributed by atoms with Crippen LogP contribution in [0.1, 0.15) is 42.6 Å². The second-order valence-corrected chi connectivity index (χ2v) is 11.2. The maximum atomic E-state index is 13.2. The Balaban J connectivity index is 1.29. The minimum atomic E-state index is -1.21. The van der Waals surface area contributed by atoms with Gasteiger partial charge >= 0.3 is 0 Å². The highest BCUT2D eigenvalue weighted by Crippen LogP contribution is 2.22. The van der Waals surface area contributed by atoms with E-state index >= 15 is 0 Å². The van der Waals surface area contributed by atoms with Crippen LogP contribution in [0, 0.1) is 11.7 Å². The summed E-state index contributed by atoms with van der Waals surface area (Å²) in [5.41, 5.74) is 6.08. The molecule has 0 aliphatic carbocycles. The van der Waals surface area contributed by atoms with Crippen molar-refractivity contribution in [1.29, 1.82) is 0 Å². The van der Waals surface area contributed by atoms with Gasteiger partial charge in [-0.25, -0.2) is 9.37 Å². The summed E-state index contributed by atoms with van der Waals surface area (Å²) in [4.78, 5) is 57.1. The fourth-order valence-electron chi connectivity index (χ4n) is 4.62. The van der Waals surface area contributed by atoms with Gasteiger partial charge < -0.3 is 30.6 Å². The van der Waals surface area contributed by atoms with E-state index in [1.165, 1.54) is 50.6 Å². The van der Waals surface area contributed by atoms with Crippen LogP contribution < -0.4 is 16.4 Å². The first-order valence-electron chi connectivity index (χ1n) is 14.1. The molecule has 0 spiro atoms. The average molecular weight is 593 g/mol. The molecule has 1 aliphatic heterocycles. The monoisotopic (exact) mass is 592 g/mol. The van der Waals surface area contributed by atoms with Crippen molar-refractivity contribution in [3.63, 3.8) is 0 Å². The number of amides is 3. The van der Waals surface area contributed by atoms with Crippen molar-refractivity contribution in [1.82, 2.24) is 19.8 Å². The zero-order chi connectivity index (χ0) is 31.0. The maximum Gasteiger partial charge on any atom is 0.250 e. The fraction of sp³-hybridized carbons (Fsp3) is 0.387. The number of ether oxygens (including phenoxy) is 1. The molecule has 1 fully saturated rings. The normalized spacial score (nSPS) is 14.7. The fourth-order valence-corrected chi connectivity index (χ4v) is 4.62. The summed E-state index contributed by atoms with van der Waals surface area (Å²) < 4.78 is 20.4. The summed E-state index contributed by atoms with van der Waals surface area (Å²) in [6.07, 6.45) is 4.00. The van der Waals surface area contributed by atoms with E-state index in [-0.39, 0.29) is 43.2 Å². The molecule has 3 aromatic rings. The van der Waals surface area contributed by atoms with Crippen molar-refractivity contribution in [3.8, 4) is 0 Å². The van der Waals surface area contributed by atoms with Crippen LogP contribution in [0.3, 0.4) is 0 Å². The van der Waals surface area contributed by atoms with Crippen LogP contribution in [-0.4, -0.2) is 69.2 Å². The Morgan fingerprint density at radius 1 is 1.07 bits per heavy atom. The molecule has 2 aromatic carbocycles. The standard InChI is InChI=1S/C31H37FN6O5/c1-31(2,33)30(42)35-25(19-43-18-21-6-4-3-5-7-21)29(41)36-26-16-37(20-34-26)17-27(39)38-14-12-23(13-15-38)28(40)22-8-10-24(32)11-9-22/h3-11,16,20,23,25H,12-15,17-19,33H2,1-2H3,(H,35,42)(H,36,41)/t25-/m1/s1. The first-order chi connectivity index (χ1) is 20.5. The van der Waals surface area contributed by atoms with Crippen molar-refractivity contribution in [2.24, 2.45) is 11.7 Å². The number of nitrogens with two attached hydrogens (primary N) is 1. The second-order valence-electron chi connectivity index (χ2n) is 11.2. The van der Waals surface area contributed by atoms with Crippen LogP contribution in [0.15, 0.2) is 67.1 Å².